The number of esters is 1. The summed E-state index contributed by atoms with van der Waals surface area (Å²) in [6.07, 6.45) is 2.60. The van der Waals surface area contributed by atoms with Gasteiger partial charge in [0.25, 0.3) is 5.91 Å². The summed E-state index contributed by atoms with van der Waals surface area (Å²) in [6.45, 7) is 13.7. The third-order valence-electron chi connectivity index (χ3n) is 4.63. The highest BCUT2D eigenvalue weighted by molar-refractivity contribution is 5.99. The lowest BCUT2D eigenvalue weighted by molar-refractivity contribution is -0.148. The second-order valence-electron chi connectivity index (χ2n) is 6.97. The van der Waals surface area contributed by atoms with Gasteiger partial charge in [0, 0.05) is 31.0 Å². The summed E-state index contributed by atoms with van der Waals surface area (Å²) in [5.41, 5.74) is 2.81. The highest BCUT2D eigenvalue weighted by atomic mass is 16.5. The first kappa shape index (κ1) is 22.5. The zero-order valence-corrected chi connectivity index (χ0v) is 17.3. The maximum Gasteiger partial charge on any atom is 0.349 e. The van der Waals surface area contributed by atoms with Crippen molar-refractivity contribution < 1.29 is 14.3 Å². The Morgan fingerprint density at radius 2 is 1.93 bits per heavy atom. The number of aryl methyl sites for hydroxylation is 1. The largest absolute Gasteiger partial charge is 0.451 e. The molecule has 1 heterocycles. The average Bonchev–Trinajstić information content (AvgIpc) is 2.89. The van der Waals surface area contributed by atoms with Gasteiger partial charge in [0.05, 0.1) is 0 Å². The number of nitrogens with zero attached hydrogens (tertiary/aromatic N) is 3. The Labute approximate surface area is 162 Å². The second kappa shape index (κ2) is 10.6. The molecule has 0 fully saturated rings. The van der Waals surface area contributed by atoms with Crippen molar-refractivity contribution in [1.29, 1.82) is 5.26 Å². The van der Waals surface area contributed by atoms with Crippen LogP contribution in [0, 0.1) is 31.1 Å². The van der Waals surface area contributed by atoms with Gasteiger partial charge in [-0.2, -0.15) is 5.26 Å². The summed E-state index contributed by atoms with van der Waals surface area (Å²) in [6, 6.07) is 3.85. The van der Waals surface area contributed by atoms with Crippen LogP contribution in [0.5, 0.6) is 0 Å². The van der Waals surface area contributed by atoms with Gasteiger partial charge in [-0.1, -0.05) is 13.8 Å². The quantitative estimate of drug-likeness (QED) is 0.377. The summed E-state index contributed by atoms with van der Waals surface area (Å²) in [5, 5.41) is 9.35. The number of amides is 1. The zero-order valence-electron chi connectivity index (χ0n) is 17.3. The Kier molecular flexibility index (Phi) is 8.80. The fourth-order valence-electron chi connectivity index (χ4n) is 2.87. The van der Waals surface area contributed by atoms with E-state index in [9.17, 15) is 14.9 Å². The molecule has 148 valence electrons. The van der Waals surface area contributed by atoms with Crippen LogP contribution in [0.3, 0.4) is 0 Å². The molecule has 0 aromatic carbocycles. The molecule has 0 N–H and O–H groups in total. The number of rotatable bonds is 9. The molecule has 0 bridgehead atoms. The Bertz CT molecular complexity index is 735. The van der Waals surface area contributed by atoms with Crippen LogP contribution in [0.4, 0.5) is 0 Å². The van der Waals surface area contributed by atoms with E-state index in [0.717, 1.165) is 29.9 Å². The standard InChI is InChI=1S/C21H31N3O3/c1-7-23(8-2)20(25)14-27-21(26)19(13-22)12-18-11-16(5)24(17(18)6)10-9-15(3)4/h11-12,15H,7-10,14H2,1-6H3/b19-12+. The lowest BCUT2D eigenvalue weighted by Gasteiger charge is -2.18. The molecule has 0 aliphatic carbocycles. The first-order valence-corrected chi connectivity index (χ1v) is 9.48. The molecule has 0 radical (unpaired) electrons. The molecule has 0 aliphatic rings. The highest BCUT2D eigenvalue weighted by Crippen LogP contribution is 2.20. The molecule has 6 nitrogen and oxygen atoms in total. The van der Waals surface area contributed by atoms with Crippen LogP contribution in [0.1, 0.15) is 51.1 Å². The van der Waals surface area contributed by atoms with E-state index in [0.29, 0.717) is 19.0 Å². The van der Waals surface area contributed by atoms with E-state index >= 15 is 0 Å². The number of hydrogen-bond acceptors (Lipinski definition) is 4. The molecule has 1 rings (SSSR count). The van der Waals surface area contributed by atoms with E-state index in [1.54, 1.807) is 11.0 Å². The Morgan fingerprint density at radius 3 is 2.44 bits per heavy atom. The van der Waals surface area contributed by atoms with Gasteiger partial charge in [-0.15, -0.1) is 0 Å². The zero-order chi connectivity index (χ0) is 20.6. The van der Waals surface area contributed by atoms with E-state index in [2.05, 4.69) is 18.4 Å². The van der Waals surface area contributed by atoms with Crippen molar-refractivity contribution in [2.24, 2.45) is 5.92 Å². The summed E-state index contributed by atoms with van der Waals surface area (Å²) in [5.74, 6) is -0.444. The molecule has 0 spiro atoms. The molecular weight excluding hydrogens is 342 g/mol. The normalized spacial score (nSPS) is 11.4. The van der Waals surface area contributed by atoms with Crippen LogP contribution in [-0.4, -0.2) is 41.0 Å². The first-order valence-electron chi connectivity index (χ1n) is 9.48. The van der Waals surface area contributed by atoms with Crippen molar-refractivity contribution in [3.05, 3.63) is 28.6 Å². The average molecular weight is 373 g/mol. The van der Waals surface area contributed by atoms with Crippen LogP contribution >= 0.6 is 0 Å². The summed E-state index contributed by atoms with van der Waals surface area (Å²) >= 11 is 0. The van der Waals surface area contributed by atoms with Gasteiger partial charge < -0.3 is 14.2 Å². The second-order valence-corrected chi connectivity index (χ2v) is 6.97. The van der Waals surface area contributed by atoms with E-state index in [4.69, 9.17) is 4.74 Å². The van der Waals surface area contributed by atoms with Gasteiger partial charge >= 0.3 is 5.97 Å². The maximum absolute atomic E-state index is 12.2. The molecule has 0 aliphatic heterocycles. The summed E-state index contributed by atoms with van der Waals surface area (Å²) < 4.78 is 7.23. The fraction of sp³-hybridized carbons (Fsp3) is 0.571. The van der Waals surface area contributed by atoms with Crippen molar-refractivity contribution in [3.63, 3.8) is 0 Å². The minimum atomic E-state index is -0.773. The maximum atomic E-state index is 12.2. The SMILES string of the molecule is CCN(CC)C(=O)COC(=O)/C(C#N)=C/c1cc(C)n(CCC(C)C)c1C. The number of likely N-dealkylation sites (N-methyl/N-ethyl adjacent to an activating group) is 1. The number of carbonyl (C=O) groups is 2. The number of ether oxygens (including phenoxy) is 1. The van der Waals surface area contributed by atoms with Crippen molar-refractivity contribution in [2.45, 2.75) is 54.5 Å². The minimum Gasteiger partial charge on any atom is -0.451 e. The van der Waals surface area contributed by atoms with Crippen LogP contribution in [0.2, 0.25) is 0 Å². The smallest absolute Gasteiger partial charge is 0.349 e. The topological polar surface area (TPSA) is 75.3 Å². The fourth-order valence-corrected chi connectivity index (χ4v) is 2.87. The minimum absolute atomic E-state index is 0.105. The van der Waals surface area contributed by atoms with E-state index < -0.39 is 5.97 Å². The summed E-state index contributed by atoms with van der Waals surface area (Å²) in [4.78, 5) is 25.7. The molecule has 0 saturated carbocycles. The number of hydrogen-bond donors (Lipinski definition) is 0. The molecule has 1 aromatic rings. The van der Waals surface area contributed by atoms with Gasteiger partial charge in [0.1, 0.15) is 11.6 Å². The molecule has 0 atom stereocenters. The van der Waals surface area contributed by atoms with Crippen LogP contribution in [0.15, 0.2) is 11.6 Å². The Morgan fingerprint density at radius 1 is 1.30 bits per heavy atom. The Hall–Kier alpha value is -2.55. The third-order valence-corrected chi connectivity index (χ3v) is 4.63. The lowest BCUT2D eigenvalue weighted by atomic mass is 10.1. The predicted molar refractivity (Wildman–Crippen MR) is 106 cm³/mol. The van der Waals surface area contributed by atoms with E-state index in [1.165, 1.54) is 0 Å². The van der Waals surface area contributed by atoms with Crippen molar-refractivity contribution in [2.75, 3.05) is 19.7 Å². The van der Waals surface area contributed by atoms with Crippen molar-refractivity contribution >= 4 is 18.0 Å². The molecule has 0 unspecified atom stereocenters. The van der Waals surface area contributed by atoms with Gasteiger partial charge in [0.15, 0.2) is 6.61 Å². The highest BCUT2D eigenvalue weighted by Gasteiger charge is 2.17. The Balaban J connectivity index is 2.91. The number of carbonyl (C=O) groups excluding carboxylic acids is 2. The predicted octanol–water partition coefficient (Wildman–Crippen LogP) is 3.47. The van der Waals surface area contributed by atoms with Gasteiger partial charge in [-0.05, 0) is 57.7 Å². The van der Waals surface area contributed by atoms with Crippen LogP contribution in [0.25, 0.3) is 6.08 Å². The first-order chi connectivity index (χ1) is 12.7. The van der Waals surface area contributed by atoms with Gasteiger partial charge in [-0.3, -0.25) is 4.79 Å². The van der Waals surface area contributed by atoms with Gasteiger partial charge in [-0.25, -0.2) is 4.79 Å². The van der Waals surface area contributed by atoms with E-state index in [1.807, 2.05) is 39.8 Å². The van der Waals surface area contributed by atoms with Crippen LogP contribution in [-0.2, 0) is 20.9 Å². The lowest BCUT2D eigenvalue weighted by Crippen LogP contribution is -2.34. The monoisotopic (exact) mass is 373 g/mol. The number of aromatic nitrogens is 1. The summed E-state index contributed by atoms with van der Waals surface area (Å²) in [7, 11) is 0. The van der Waals surface area contributed by atoms with Crippen LogP contribution < -0.4 is 0 Å². The van der Waals surface area contributed by atoms with E-state index in [-0.39, 0.29) is 18.1 Å². The number of nitriles is 1. The molecule has 1 aromatic heterocycles. The molecule has 27 heavy (non-hydrogen) atoms. The van der Waals surface area contributed by atoms with Crippen molar-refractivity contribution in [3.8, 4) is 6.07 Å². The molecule has 1 amide bonds. The third kappa shape index (κ3) is 6.28. The molecule has 0 saturated heterocycles. The van der Waals surface area contributed by atoms with Crippen molar-refractivity contribution in [1.82, 2.24) is 9.47 Å². The molecule has 6 heteroatoms. The molecular formula is C21H31N3O3. The van der Waals surface area contributed by atoms with Gasteiger partial charge in [0.2, 0.25) is 0 Å².